The fourth-order valence-corrected chi connectivity index (χ4v) is 2.92. The van der Waals surface area contributed by atoms with E-state index in [-0.39, 0.29) is 22.8 Å². The van der Waals surface area contributed by atoms with Crippen molar-refractivity contribution in [3.05, 3.63) is 57.4 Å². The molecule has 0 aliphatic heterocycles. The molecule has 1 aromatic heterocycles. The molecule has 0 bridgehead atoms. The Bertz CT molecular complexity index is 744. The number of aromatic amines is 1. The third kappa shape index (κ3) is 4.01. The van der Waals surface area contributed by atoms with Crippen molar-refractivity contribution in [1.29, 1.82) is 0 Å². The standard InChI is InChI=1S/C14H16N4O4S/c1-9-13(18(20)21)12(17-16-9)14(19)15-11(8-23(2)22)10-6-4-3-5-7-10/h3-7,11H,8H2,1-2H3,(H,15,19)(H,16,17)/t11-,23-/m0/s1. The van der Waals surface area contributed by atoms with Gasteiger partial charge in [-0.2, -0.15) is 5.10 Å². The Kier molecular flexibility index (Phi) is 5.22. The fourth-order valence-electron chi connectivity index (χ4n) is 2.17. The summed E-state index contributed by atoms with van der Waals surface area (Å²) in [6, 6.07) is 8.49. The van der Waals surface area contributed by atoms with Crippen LogP contribution in [0.2, 0.25) is 0 Å². The lowest BCUT2D eigenvalue weighted by Crippen LogP contribution is -2.32. The van der Waals surface area contributed by atoms with Crippen molar-refractivity contribution in [3.8, 4) is 0 Å². The van der Waals surface area contributed by atoms with Crippen LogP contribution in [0.25, 0.3) is 0 Å². The average molecular weight is 336 g/mol. The maximum absolute atomic E-state index is 12.4. The van der Waals surface area contributed by atoms with E-state index in [2.05, 4.69) is 15.5 Å². The highest BCUT2D eigenvalue weighted by molar-refractivity contribution is 7.84. The van der Waals surface area contributed by atoms with Crippen LogP contribution < -0.4 is 5.32 Å². The molecule has 9 heteroatoms. The average Bonchev–Trinajstić information content (AvgIpc) is 2.89. The van der Waals surface area contributed by atoms with Gasteiger partial charge in [-0.1, -0.05) is 30.3 Å². The molecule has 8 nitrogen and oxygen atoms in total. The first-order chi connectivity index (χ1) is 10.9. The second-order valence-electron chi connectivity index (χ2n) is 4.98. The molecule has 0 saturated heterocycles. The minimum Gasteiger partial charge on any atom is -0.343 e. The fraction of sp³-hybridized carbons (Fsp3) is 0.286. The number of hydrogen-bond acceptors (Lipinski definition) is 5. The third-order valence-corrected chi connectivity index (χ3v) is 4.02. The quantitative estimate of drug-likeness (QED) is 0.612. The van der Waals surface area contributed by atoms with Crippen LogP contribution >= 0.6 is 0 Å². The first-order valence-electron chi connectivity index (χ1n) is 6.75. The number of H-pyrrole nitrogens is 1. The van der Waals surface area contributed by atoms with Crippen molar-refractivity contribution in [2.75, 3.05) is 12.0 Å². The van der Waals surface area contributed by atoms with Gasteiger partial charge >= 0.3 is 5.69 Å². The van der Waals surface area contributed by atoms with Crippen LogP contribution in [0.3, 0.4) is 0 Å². The Morgan fingerprint density at radius 2 is 2.09 bits per heavy atom. The third-order valence-electron chi connectivity index (χ3n) is 3.22. The van der Waals surface area contributed by atoms with E-state index in [1.165, 1.54) is 13.2 Å². The number of benzene rings is 1. The number of nitro groups is 1. The summed E-state index contributed by atoms with van der Waals surface area (Å²) in [6.45, 7) is 1.47. The number of carbonyl (C=O) groups excluding carboxylic acids is 1. The molecular weight excluding hydrogens is 320 g/mol. The molecule has 0 aliphatic rings. The van der Waals surface area contributed by atoms with Crippen molar-refractivity contribution in [3.63, 3.8) is 0 Å². The molecule has 2 rings (SSSR count). The van der Waals surface area contributed by atoms with E-state index in [1.54, 1.807) is 24.3 Å². The first kappa shape index (κ1) is 16.8. The molecule has 122 valence electrons. The summed E-state index contributed by atoms with van der Waals surface area (Å²) in [5.74, 6) is -0.479. The van der Waals surface area contributed by atoms with Crippen LogP contribution in [0.1, 0.15) is 27.8 Å². The molecule has 23 heavy (non-hydrogen) atoms. The van der Waals surface area contributed by atoms with Crippen LogP contribution in [-0.2, 0) is 10.8 Å². The van der Waals surface area contributed by atoms with E-state index >= 15 is 0 Å². The smallest absolute Gasteiger partial charge is 0.322 e. The number of rotatable bonds is 6. The topological polar surface area (TPSA) is 118 Å². The van der Waals surface area contributed by atoms with E-state index < -0.39 is 27.7 Å². The Balaban J connectivity index is 2.28. The molecule has 0 radical (unpaired) electrons. The van der Waals surface area contributed by atoms with Gasteiger partial charge in [-0.15, -0.1) is 0 Å². The highest BCUT2D eigenvalue weighted by Crippen LogP contribution is 2.21. The Labute approximate surface area is 134 Å². The van der Waals surface area contributed by atoms with Crippen molar-refractivity contribution >= 4 is 22.4 Å². The summed E-state index contributed by atoms with van der Waals surface area (Å²) in [6.07, 6.45) is 1.53. The molecule has 0 unspecified atom stereocenters. The van der Waals surface area contributed by atoms with Crippen molar-refractivity contribution in [1.82, 2.24) is 15.5 Å². The van der Waals surface area contributed by atoms with Gasteiger partial charge < -0.3 is 5.32 Å². The highest BCUT2D eigenvalue weighted by atomic mass is 32.2. The van der Waals surface area contributed by atoms with Crippen molar-refractivity contribution in [2.45, 2.75) is 13.0 Å². The Morgan fingerprint density at radius 1 is 1.43 bits per heavy atom. The van der Waals surface area contributed by atoms with Crippen LogP contribution in [0.5, 0.6) is 0 Å². The lowest BCUT2D eigenvalue weighted by atomic mass is 10.1. The zero-order chi connectivity index (χ0) is 17.0. The first-order valence-corrected chi connectivity index (χ1v) is 8.48. The van der Waals surface area contributed by atoms with Gasteiger partial charge in [0.15, 0.2) is 0 Å². The van der Waals surface area contributed by atoms with E-state index in [0.29, 0.717) is 0 Å². The van der Waals surface area contributed by atoms with Gasteiger partial charge in [-0.05, 0) is 12.5 Å². The monoisotopic (exact) mass is 336 g/mol. The molecule has 0 aliphatic carbocycles. The number of aryl methyl sites for hydroxylation is 1. The van der Waals surface area contributed by atoms with Crippen LogP contribution in [0.4, 0.5) is 5.69 Å². The molecule has 0 spiro atoms. The lowest BCUT2D eigenvalue weighted by molar-refractivity contribution is -0.385. The van der Waals surface area contributed by atoms with Crippen LogP contribution in [0, 0.1) is 17.0 Å². The van der Waals surface area contributed by atoms with Gasteiger partial charge in [0.1, 0.15) is 5.69 Å². The second kappa shape index (κ2) is 7.14. The van der Waals surface area contributed by atoms with Gasteiger partial charge in [0.2, 0.25) is 5.69 Å². The summed E-state index contributed by atoms with van der Waals surface area (Å²) in [4.78, 5) is 22.8. The molecule has 1 heterocycles. The number of nitrogens with zero attached hydrogens (tertiary/aromatic N) is 2. The van der Waals surface area contributed by atoms with E-state index in [4.69, 9.17) is 0 Å². The summed E-state index contributed by atoms with van der Waals surface area (Å²) in [5, 5.41) is 19.9. The molecule has 2 N–H and O–H groups in total. The molecule has 0 saturated carbocycles. The lowest BCUT2D eigenvalue weighted by Gasteiger charge is -2.17. The van der Waals surface area contributed by atoms with Gasteiger partial charge in [-0.25, -0.2) is 0 Å². The number of aromatic nitrogens is 2. The van der Waals surface area contributed by atoms with Gasteiger partial charge in [0.05, 0.1) is 11.0 Å². The maximum Gasteiger partial charge on any atom is 0.322 e. The van der Waals surface area contributed by atoms with Crippen LogP contribution in [-0.4, -0.2) is 37.2 Å². The maximum atomic E-state index is 12.4. The molecule has 2 aromatic rings. The van der Waals surface area contributed by atoms with Gasteiger partial charge in [-0.3, -0.25) is 24.2 Å². The predicted molar refractivity (Wildman–Crippen MR) is 85.6 cm³/mol. The minimum atomic E-state index is -1.15. The normalized spacial score (nSPS) is 13.3. The summed E-state index contributed by atoms with van der Waals surface area (Å²) in [7, 11) is -1.15. The molecule has 1 aromatic carbocycles. The molecule has 0 fully saturated rings. The molecular formula is C14H16N4O4S. The number of amides is 1. The minimum absolute atomic E-state index is 0.201. The largest absolute Gasteiger partial charge is 0.343 e. The van der Waals surface area contributed by atoms with E-state index in [9.17, 15) is 19.1 Å². The van der Waals surface area contributed by atoms with Crippen molar-refractivity contribution in [2.24, 2.45) is 0 Å². The summed E-state index contributed by atoms with van der Waals surface area (Å²) < 4.78 is 11.6. The zero-order valence-electron chi connectivity index (χ0n) is 12.6. The Hall–Kier alpha value is -2.55. The SMILES string of the molecule is Cc1[nH]nc(C(=O)N[C@@H](C[S@](C)=O)c2ccccc2)c1[N+](=O)[O-]. The van der Waals surface area contributed by atoms with E-state index in [0.717, 1.165) is 5.56 Å². The number of carbonyl (C=O) groups is 1. The van der Waals surface area contributed by atoms with E-state index in [1.807, 2.05) is 6.07 Å². The molecule has 2 atom stereocenters. The zero-order valence-corrected chi connectivity index (χ0v) is 13.4. The second-order valence-corrected chi connectivity index (χ2v) is 6.46. The number of hydrogen-bond donors (Lipinski definition) is 2. The van der Waals surface area contributed by atoms with Crippen molar-refractivity contribution < 1.29 is 13.9 Å². The van der Waals surface area contributed by atoms with Gasteiger partial charge in [0.25, 0.3) is 5.91 Å². The molecule has 1 amide bonds. The summed E-state index contributed by atoms with van der Waals surface area (Å²) in [5.41, 5.74) is 0.337. The van der Waals surface area contributed by atoms with Gasteiger partial charge in [0, 0.05) is 22.8 Å². The summed E-state index contributed by atoms with van der Waals surface area (Å²) >= 11 is 0. The van der Waals surface area contributed by atoms with Crippen LogP contribution in [0.15, 0.2) is 30.3 Å². The highest BCUT2D eigenvalue weighted by Gasteiger charge is 2.29. The predicted octanol–water partition coefficient (Wildman–Crippen LogP) is 1.48. The number of nitrogens with one attached hydrogen (secondary N) is 2. The Morgan fingerprint density at radius 3 is 2.65 bits per heavy atom.